The first kappa shape index (κ1) is 19.7. The Morgan fingerprint density at radius 3 is 2.44 bits per heavy atom. The molecule has 5 aromatic rings. The van der Waals surface area contributed by atoms with Gasteiger partial charge in [0.1, 0.15) is 5.52 Å². The van der Waals surface area contributed by atoms with Crippen molar-refractivity contribution in [3.05, 3.63) is 108 Å². The van der Waals surface area contributed by atoms with Gasteiger partial charge in [0.25, 0.3) is 5.91 Å². The normalized spacial score (nSPS) is 11.0. The lowest BCUT2D eigenvalue weighted by Crippen LogP contribution is -2.25. The zero-order valence-electron chi connectivity index (χ0n) is 17.4. The molecule has 0 aliphatic heterocycles. The first-order valence-corrected chi connectivity index (χ1v) is 10.5. The number of amides is 1. The van der Waals surface area contributed by atoms with Crippen LogP contribution in [0.15, 0.2) is 91.3 Å². The van der Waals surface area contributed by atoms with Crippen LogP contribution in [0.1, 0.15) is 21.5 Å². The first-order valence-electron chi connectivity index (χ1n) is 10.5. The summed E-state index contributed by atoms with van der Waals surface area (Å²) >= 11 is 0. The number of fused-ring (bicyclic) bond motifs is 1. The lowest BCUT2D eigenvalue weighted by Gasteiger charge is -2.08. The molecule has 0 aliphatic rings. The number of carbonyl (C=O) groups excluding carboxylic acids is 1. The molecule has 3 aromatic carbocycles. The van der Waals surface area contributed by atoms with Gasteiger partial charge in [-0.1, -0.05) is 41.6 Å². The first-order chi connectivity index (χ1) is 15.8. The minimum Gasteiger partial charge on any atom is -0.352 e. The molecular weight excluding hydrogens is 400 g/mol. The fourth-order valence-electron chi connectivity index (χ4n) is 3.63. The van der Waals surface area contributed by atoms with Crippen LogP contribution in [-0.4, -0.2) is 37.2 Å². The zero-order valence-corrected chi connectivity index (χ0v) is 17.4. The van der Waals surface area contributed by atoms with Crippen LogP contribution in [0.4, 0.5) is 0 Å². The van der Waals surface area contributed by atoms with Crippen molar-refractivity contribution in [1.82, 2.24) is 30.1 Å². The lowest BCUT2D eigenvalue weighted by molar-refractivity contribution is 0.0954. The second-order valence-electron chi connectivity index (χ2n) is 7.56. The maximum absolute atomic E-state index is 12.5. The maximum atomic E-state index is 12.5. The Balaban J connectivity index is 1.15. The van der Waals surface area contributed by atoms with Gasteiger partial charge < -0.3 is 5.32 Å². The van der Waals surface area contributed by atoms with E-state index in [1.807, 2.05) is 82.3 Å². The topological polar surface area (TPSA) is 77.6 Å². The number of nitrogens with one attached hydrogen (secondary N) is 1. The van der Waals surface area contributed by atoms with Crippen LogP contribution in [-0.2, 0) is 13.0 Å². The highest BCUT2D eigenvalue weighted by molar-refractivity contribution is 5.94. The van der Waals surface area contributed by atoms with E-state index in [4.69, 9.17) is 0 Å². The lowest BCUT2D eigenvalue weighted by atomic mass is 10.1. The Morgan fingerprint density at radius 2 is 1.66 bits per heavy atom. The summed E-state index contributed by atoms with van der Waals surface area (Å²) in [5.74, 6) is -0.0732. The molecule has 2 heterocycles. The number of carbonyl (C=O) groups is 1. The zero-order chi connectivity index (χ0) is 21.8. The van der Waals surface area contributed by atoms with E-state index in [-0.39, 0.29) is 5.91 Å². The van der Waals surface area contributed by atoms with E-state index < -0.39 is 0 Å². The average Bonchev–Trinajstić information content (AvgIpc) is 3.51. The molecule has 0 fully saturated rings. The summed E-state index contributed by atoms with van der Waals surface area (Å²) in [6.45, 7) is 1.18. The van der Waals surface area contributed by atoms with Crippen LogP contribution in [0.3, 0.4) is 0 Å². The number of hydrogen-bond acceptors (Lipinski definition) is 4. The van der Waals surface area contributed by atoms with E-state index in [1.165, 1.54) is 0 Å². The molecule has 7 heteroatoms. The van der Waals surface area contributed by atoms with E-state index >= 15 is 0 Å². The Labute approximate surface area is 185 Å². The largest absolute Gasteiger partial charge is 0.352 e. The van der Waals surface area contributed by atoms with Crippen LogP contribution in [0.2, 0.25) is 0 Å². The summed E-state index contributed by atoms with van der Waals surface area (Å²) in [6.07, 6.45) is 4.43. The smallest absolute Gasteiger partial charge is 0.251 e. The maximum Gasteiger partial charge on any atom is 0.251 e. The van der Waals surface area contributed by atoms with E-state index in [0.717, 1.165) is 34.3 Å². The van der Waals surface area contributed by atoms with E-state index in [2.05, 4.69) is 32.9 Å². The quantitative estimate of drug-likeness (QED) is 0.434. The van der Waals surface area contributed by atoms with Gasteiger partial charge in [0.05, 0.1) is 17.7 Å². The van der Waals surface area contributed by atoms with E-state index in [9.17, 15) is 4.79 Å². The number of hydrogen-bond donors (Lipinski definition) is 1. The molecule has 0 saturated carbocycles. The molecule has 0 saturated heterocycles. The molecule has 1 amide bonds. The van der Waals surface area contributed by atoms with Crippen LogP contribution in [0.5, 0.6) is 0 Å². The fourth-order valence-corrected chi connectivity index (χ4v) is 3.63. The van der Waals surface area contributed by atoms with Crippen molar-refractivity contribution in [3.63, 3.8) is 0 Å². The summed E-state index contributed by atoms with van der Waals surface area (Å²) in [5.41, 5.74) is 5.76. The molecule has 0 aliphatic carbocycles. The third kappa shape index (κ3) is 4.27. The van der Waals surface area contributed by atoms with Crippen LogP contribution < -0.4 is 5.32 Å². The Bertz CT molecular complexity index is 1320. The second-order valence-corrected chi connectivity index (χ2v) is 7.56. The number of para-hydroxylation sites is 1. The molecule has 0 unspecified atom stereocenters. The van der Waals surface area contributed by atoms with Crippen LogP contribution in [0, 0.1) is 0 Å². The van der Waals surface area contributed by atoms with Gasteiger partial charge >= 0.3 is 0 Å². The summed E-state index contributed by atoms with van der Waals surface area (Å²) in [5, 5.41) is 15.6. The number of benzene rings is 3. The number of nitrogens with zero attached hydrogens (tertiary/aromatic N) is 5. The summed E-state index contributed by atoms with van der Waals surface area (Å²) in [7, 11) is 0. The molecule has 0 atom stereocenters. The van der Waals surface area contributed by atoms with Crippen molar-refractivity contribution in [1.29, 1.82) is 0 Å². The van der Waals surface area contributed by atoms with Crippen molar-refractivity contribution in [2.24, 2.45) is 0 Å². The van der Waals surface area contributed by atoms with Crippen molar-refractivity contribution in [3.8, 4) is 5.69 Å². The van der Waals surface area contributed by atoms with Gasteiger partial charge in [0.2, 0.25) is 0 Å². The molecule has 0 spiro atoms. The molecule has 2 aromatic heterocycles. The highest BCUT2D eigenvalue weighted by Crippen LogP contribution is 2.13. The molecular formula is C25H22N6O. The van der Waals surface area contributed by atoms with Gasteiger partial charge in [0, 0.05) is 24.5 Å². The summed E-state index contributed by atoms with van der Waals surface area (Å²) < 4.78 is 3.68. The minimum absolute atomic E-state index is 0.0732. The van der Waals surface area contributed by atoms with Gasteiger partial charge in [-0.15, -0.1) is 5.10 Å². The molecule has 7 nitrogen and oxygen atoms in total. The SMILES string of the molecule is O=C(NCCc1ccc(-n2cccn2)cc1)c1ccc(Cn2nnc3ccccc32)cc1. The van der Waals surface area contributed by atoms with Crippen molar-refractivity contribution < 1.29 is 4.79 Å². The van der Waals surface area contributed by atoms with Crippen molar-refractivity contribution in [2.45, 2.75) is 13.0 Å². The minimum atomic E-state index is -0.0732. The predicted octanol–water partition coefficient (Wildman–Crippen LogP) is 3.64. The van der Waals surface area contributed by atoms with Crippen LogP contribution >= 0.6 is 0 Å². The molecule has 0 radical (unpaired) electrons. The van der Waals surface area contributed by atoms with Gasteiger partial charge in [-0.05, 0) is 60.0 Å². The molecule has 158 valence electrons. The monoisotopic (exact) mass is 422 g/mol. The van der Waals surface area contributed by atoms with Gasteiger partial charge in [-0.25, -0.2) is 9.36 Å². The molecule has 1 N–H and O–H groups in total. The molecule has 5 rings (SSSR count). The average molecular weight is 422 g/mol. The Hall–Kier alpha value is -4.26. The summed E-state index contributed by atoms with van der Waals surface area (Å²) in [4.78, 5) is 12.5. The number of rotatable bonds is 7. The molecule has 32 heavy (non-hydrogen) atoms. The van der Waals surface area contributed by atoms with Gasteiger partial charge in [-0.3, -0.25) is 4.79 Å². The Morgan fingerprint density at radius 1 is 0.875 bits per heavy atom. The van der Waals surface area contributed by atoms with Gasteiger partial charge in [0.15, 0.2) is 0 Å². The second kappa shape index (κ2) is 8.85. The summed E-state index contributed by atoms with van der Waals surface area (Å²) in [6, 6.07) is 25.6. The van der Waals surface area contributed by atoms with E-state index in [1.54, 1.807) is 6.20 Å². The Kier molecular flexibility index (Phi) is 5.45. The van der Waals surface area contributed by atoms with Crippen molar-refractivity contribution >= 4 is 16.9 Å². The van der Waals surface area contributed by atoms with Crippen LogP contribution in [0.25, 0.3) is 16.7 Å². The third-order valence-corrected chi connectivity index (χ3v) is 5.37. The number of aromatic nitrogens is 5. The standard InChI is InChI=1S/C25H22N6O/c32-25(26-16-14-19-8-12-22(13-9-19)30-17-3-15-27-30)21-10-6-20(7-11-21)18-31-24-5-2-1-4-23(24)28-29-31/h1-13,15,17H,14,16,18H2,(H,26,32). The van der Waals surface area contributed by atoms with Crippen molar-refractivity contribution in [2.75, 3.05) is 6.54 Å². The highest BCUT2D eigenvalue weighted by atomic mass is 16.1. The predicted molar refractivity (Wildman–Crippen MR) is 123 cm³/mol. The molecule has 0 bridgehead atoms. The highest BCUT2D eigenvalue weighted by Gasteiger charge is 2.07. The third-order valence-electron chi connectivity index (χ3n) is 5.37. The fraction of sp³-hybridized carbons (Fsp3) is 0.120. The van der Waals surface area contributed by atoms with Gasteiger partial charge in [-0.2, -0.15) is 5.10 Å². The van der Waals surface area contributed by atoms with E-state index in [0.29, 0.717) is 18.7 Å².